The predicted octanol–water partition coefficient (Wildman–Crippen LogP) is 11.4. The number of hydrogen-bond donors (Lipinski definition) is 5. The zero-order chi connectivity index (χ0) is 62.7. The van der Waals surface area contributed by atoms with Gasteiger partial charge in [-0.3, -0.25) is 9.78 Å². The summed E-state index contributed by atoms with van der Waals surface area (Å²) in [4.78, 5) is 65.0. The highest BCUT2D eigenvalue weighted by molar-refractivity contribution is 9.10. The van der Waals surface area contributed by atoms with Gasteiger partial charge in [-0.1, -0.05) is 131 Å². The van der Waals surface area contributed by atoms with E-state index in [1.807, 2.05) is 36.4 Å². The van der Waals surface area contributed by atoms with Gasteiger partial charge in [-0.05, 0) is 138 Å². The number of carbonyl (C=O) groups is 2. The number of carbonyl (C=O) groups excluding carboxylic acids is 2. The highest BCUT2D eigenvalue weighted by atomic mass is 79.9. The minimum Gasteiger partial charge on any atom is -0.533 e. The van der Waals surface area contributed by atoms with Crippen molar-refractivity contribution < 1.29 is 52.4 Å². The van der Waals surface area contributed by atoms with E-state index in [2.05, 4.69) is 146 Å². The van der Waals surface area contributed by atoms with Gasteiger partial charge >= 0.3 is 37.7 Å². The summed E-state index contributed by atoms with van der Waals surface area (Å²) in [6, 6.07) is 33.1. The van der Waals surface area contributed by atoms with Gasteiger partial charge in [0.05, 0.1) is 45.8 Å². The molecular weight excluding hydrogens is 1250 g/mol. The Kier molecular flexibility index (Phi) is 36.4. The quantitative estimate of drug-likeness (QED) is 0.0341. The van der Waals surface area contributed by atoms with E-state index >= 15 is 0 Å². The maximum atomic E-state index is 11.6. The van der Waals surface area contributed by atoms with Gasteiger partial charge in [0.25, 0.3) is 11.4 Å². The Morgan fingerprint density at radius 3 is 1.33 bits per heavy atom. The molecule has 0 fully saturated rings. The van der Waals surface area contributed by atoms with Gasteiger partial charge in [-0.25, -0.2) is 19.4 Å². The Bertz CT molecular complexity index is 3060. The summed E-state index contributed by atoms with van der Waals surface area (Å²) in [5, 5.41) is 8.38. The number of halogens is 3. The lowest BCUT2D eigenvalue weighted by Crippen LogP contribution is -2.29. The van der Waals surface area contributed by atoms with Crippen LogP contribution in [0, 0.1) is 0 Å². The molecule has 0 saturated carbocycles. The van der Waals surface area contributed by atoms with E-state index in [1.54, 1.807) is 54.8 Å². The van der Waals surface area contributed by atoms with Crippen LogP contribution in [0.4, 0.5) is 9.59 Å². The fourth-order valence-electron chi connectivity index (χ4n) is 6.67. The molecule has 3 heterocycles. The van der Waals surface area contributed by atoms with E-state index in [1.165, 1.54) is 63.3 Å². The van der Waals surface area contributed by atoms with E-state index in [-0.39, 0.29) is 35.6 Å². The van der Waals surface area contributed by atoms with Gasteiger partial charge in [0.1, 0.15) is 11.2 Å². The molecule has 0 spiro atoms. The van der Waals surface area contributed by atoms with Crippen molar-refractivity contribution >= 4 is 64.3 Å². The van der Waals surface area contributed by atoms with Gasteiger partial charge in [0, 0.05) is 21.3 Å². The second kappa shape index (κ2) is 40.8. The molecule has 4 aromatic carbocycles. The number of ether oxygens (including phenoxy) is 7. The standard InChI is InChI=1S/C15H18N2O2.C12H13N3O2.C10H18O5.C9H11Br.C8H10BrN.C6H8BN2O4.ClH/c1-4-5-11-6-8-12(9-7-11)13-10-16-15(19-3)17-14(13)18-2;13-6-5-8-1-3-9(4-2-8)10-7-14-12(17)15-11(10)16;1-9(2,3)14-7(11)13-8(12)15-10(4,5)6;1-2-3-8-4-6-9(10)7-5-8;9-8-3-1-7(2-4-8)5-6-10;1-11-5-4(13-7-10)3-8-6(9-5)12-2;/h6-10H,4-5H2,1-3H3;1-4,7H,5-6,13H2,(H2,14,15,16,17);1-6H3;4-7H,2-3H2,1H3;1-4H,5-6,10H2;3,10H,1-2H3;1H. The zero-order valence-electron chi connectivity index (χ0n) is 50.2. The molecule has 0 bridgehead atoms. The van der Waals surface area contributed by atoms with Crippen molar-refractivity contribution in [1.29, 1.82) is 0 Å². The van der Waals surface area contributed by atoms with Crippen LogP contribution in [0.5, 0.6) is 29.5 Å². The van der Waals surface area contributed by atoms with Crippen LogP contribution in [-0.4, -0.2) is 108 Å². The molecule has 25 heteroatoms. The average Bonchev–Trinajstić information content (AvgIpc) is 3.55. The molecule has 0 aliphatic carbocycles. The number of methoxy groups -OCH3 is 4. The van der Waals surface area contributed by atoms with Crippen LogP contribution >= 0.6 is 44.3 Å². The molecule has 3 aromatic heterocycles. The largest absolute Gasteiger partial charge is 0.569 e. The summed E-state index contributed by atoms with van der Waals surface area (Å²) in [6.45, 7) is 15.7. The Morgan fingerprint density at radius 1 is 0.576 bits per heavy atom. The van der Waals surface area contributed by atoms with Gasteiger partial charge in [0.15, 0.2) is 5.75 Å². The highest BCUT2D eigenvalue weighted by Gasteiger charge is 2.24. The molecule has 0 saturated heterocycles. The topological polar surface area (TPSA) is 298 Å². The monoisotopic (exact) mass is 1320 g/mol. The molecule has 7 N–H and O–H groups in total. The van der Waals surface area contributed by atoms with Crippen LogP contribution in [0.3, 0.4) is 0 Å². The fourth-order valence-corrected chi connectivity index (χ4v) is 7.20. The third-order valence-corrected chi connectivity index (χ3v) is 11.5. The molecule has 0 atom stereocenters. The minimum atomic E-state index is -1.06. The molecule has 0 amide bonds. The number of rotatable bonds is 16. The summed E-state index contributed by atoms with van der Waals surface area (Å²) in [6.07, 6.45) is 8.78. The Labute approximate surface area is 521 Å². The first-order valence-electron chi connectivity index (χ1n) is 26.5. The molecule has 0 unspecified atom stereocenters. The Morgan fingerprint density at radius 2 is 0.965 bits per heavy atom. The third-order valence-electron chi connectivity index (χ3n) is 10.4. The number of hydrogen-bond acceptors (Lipinski definition) is 19. The minimum absolute atomic E-state index is 0. The fraction of sp³-hybridized carbons (Fsp3) is 0.367. The maximum Gasteiger partial charge on any atom is 0.569 e. The van der Waals surface area contributed by atoms with E-state index in [0.29, 0.717) is 31.7 Å². The summed E-state index contributed by atoms with van der Waals surface area (Å²) >= 11 is 6.76. The first-order valence-corrected chi connectivity index (χ1v) is 28.1. The summed E-state index contributed by atoms with van der Waals surface area (Å²) in [5.74, 6) is 0.929. The lowest BCUT2D eigenvalue weighted by atomic mass is 10.0. The Balaban J connectivity index is 0.000000516. The molecular formula is C60H79BBr2ClN8O13. The molecule has 21 nitrogen and oxygen atoms in total. The lowest BCUT2D eigenvalue weighted by Gasteiger charge is -2.20. The molecule has 7 rings (SSSR count). The molecule has 1 radical (unpaired) electrons. The van der Waals surface area contributed by atoms with E-state index < -0.39 is 29.2 Å². The van der Waals surface area contributed by atoms with E-state index in [0.717, 1.165) is 63.4 Å². The number of aryl methyl sites for hydroxylation is 2. The maximum absolute atomic E-state index is 11.6. The first-order chi connectivity index (χ1) is 39.9. The van der Waals surface area contributed by atoms with Crippen molar-refractivity contribution in [2.24, 2.45) is 11.5 Å². The SMILES string of the molecule is CC(C)(C)OC(=O)OC(=O)OC(C)(C)C.CCCc1ccc(-c2cnc(OC)nc2OC)cc1.CCCc1ccc(Br)cc1.COc1ncc(O[B]O)c(OC)n1.Cl.NCCc1ccc(-c2c[nH]c(=O)[nH]c2=O)cc1.NCCc1ccc(Br)cc1. The van der Waals surface area contributed by atoms with E-state index in [9.17, 15) is 19.2 Å². The number of aromatic nitrogens is 6. The van der Waals surface area contributed by atoms with Crippen molar-refractivity contribution in [3.63, 3.8) is 0 Å². The number of H-pyrrole nitrogens is 2. The van der Waals surface area contributed by atoms with Crippen molar-refractivity contribution in [2.75, 3.05) is 41.5 Å². The van der Waals surface area contributed by atoms with Gasteiger partial charge in [-0.15, -0.1) is 12.4 Å². The van der Waals surface area contributed by atoms with Crippen molar-refractivity contribution in [3.8, 4) is 51.8 Å². The smallest absolute Gasteiger partial charge is 0.533 e. The second-order valence-corrected chi connectivity index (χ2v) is 21.3. The second-order valence-electron chi connectivity index (χ2n) is 19.5. The summed E-state index contributed by atoms with van der Waals surface area (Å²) in [5.41, 5.74) is 16.9. The van der Waals surface area contributed by atoms with Gasteiger partial charge in [-0.2, -0.15) is 15.0 Å². The number of benzene rings is 4. The van der Waals surface area contributed by atoms with Crippen LogP contribution in [0.25, 0.3) is 22.3 Å². The van der Waals surface area contributed by atoms with Crippen LogP contribution < -0.4 is 46.3 Å². The number of nitrogens with two attached hydrogens (primary N) is 2. The third kappa shape index (κ3) is 31.4. The van der Waals surface area contributed by atoms with Crippen LogP contribution in [-0.2, 0) is 39.9 Å². The summed E-state index contributed by atoms with van der Waals surface area (Å²) < 4.78 is 40.6. The number of aromatic amines is 2. The van der Waals surface area contributed by atoms with Crippen molar-refractivity contribution in [1.82, 2.24) is 29.9 Å². The molecule has 0 aliphatic heterocycles. The van der Waals surface area contributed by atoms with Gasteiger partial charge in [0.2, 0.25) is 5.88 Å². The highest BCUT2D eigenvalue weighted by Crippen LogP contribution is 2.29. The van der Waals surface area contributed by atoms with Crippen LogP contribution in [0.15, 0.2) is 134 Å². The van der Waals surface area contributed by atoms with Crippen LogP contribution in [0.2, 0.25) is 0 Å². The van der Waals surface area contributed by atoms with Crippen molar-refractivity contribution in [3.05, 3.63) is 168 Å². The molecule has 7 aromatic rings. The van der Waals surface area contributed by atoms with Crippen LogP contribution in [0.1, 0.15) is 90.5 Å². The predicted molar refractivity (Wildman–Crippen MR) is 340 cm³/mol. The van der Waals surface area contributed by atoms with E-state index in [4.69, 9.17) is 44.9 Å². The lowest BCUT2D eigenvalue weighted by molar-refractivity contribution is -0.0294. The molecule has 85 heavy (non-hydrogen) atoms. The van der Waals surface area contributed by atoms with Gasteiger partial charge < -0.3 is 59.3 Å². The normalized spacial score (nSPS) is 10.2. The Hall–Kier alpha value is -7.35. The molecule has 0 aliphatic rings. The average molecular weight is 1330 g/mol. The number of nitrogens with one attached hydrogen (secondary N) is 2. The number of nitrogens with zero attached hydrogens (tertiary/aromatic N) is 4. The first kappa shape index (κ1) is 75.7. The zero-order valence-corrected chi connectivity index (χ0v) is 54.1. The molecule has 461 valence electrons. The summed E-state index contributed by atoms with van der Waals surface area (Å²) in [7, 11) is 6.51. The van der Waals surface area contributed by atoms with Crippen molar-refractivity contribution in [2.45, 2.75) is 105 Å².